The summed E-state index contributed by atoms with van der Waals surface area (Å²) in [5.74, 6) is -0.0528. The lowest BCUT2D eigenvalue weighted by molar-refractivity contribution is -0.133. The molecule has 4 nitrogen and oxygen atoms in total. The normalized spacial score (nSPS) is 20.4. The van der Waals surface area contributed by atoms with E-state index in [1.165, 1.54) is 6.42 Å². The molecule has 1 aliphatic heterocycles. The van der Waals surface area contributed by atoms with Crippen LogP contribution >= 0.6 is 0 Å². The van der Waals surface area contributed by atoms with E-state index in [0.717, 1.165) is 30.6 Å². The zero-order chi connectivity index (χ0) is 14.5. The molecular weight excluding hydrogens is 252 g/mol. The minimum absolute atomic E-state index is 0.0528. The number of carbonyl (C=O) groups excluding carboxylic acids is 1. The molecule has 0 bridgehead atoms. The van der Waals surface area contributed by atoms with Gasteiger partial charge in [0.1, 0.15) is 6.04 Å². The average molecular weight is 276 g/mol. The van der Waals surface area contributed by atoms with E-state index < -0.39 is 6.04 Å². The Hall–Kier alpha value is -1.39. The van der Waals surface area contributed by atoms with Crippen LogP contribution in [0.5, 0.6) is 0 Å². The highest BCUT2D eigenvalue weighted by atomic mass is 16.5. The number of carbonyl (C=O) groups is 1. The van der Waals surface area contributed by atoms with E-state index in [2.05, 4.69) is 0 Å². The van der Waals surface area contributed by atoms with Crippen LogP contribution in [0, 0.1) is 6.92 Å². The summed E-state index contributed by atoms with van der Waals surface area (Å²) in [5.41, 5.74) is 8.09. The topological polar surface area (TPSA) is 55.6 Å². The van der Waals surface area contributed by atoms with Crippen molar-refractivity contribution in [3.63, 3.8) is 0 Å². The third kappa shape index (κ3) is 3.81. The monoisotopic (exact) mass is 276 g/mol. The van der Waals surface area contributed by atoms with Crippen molar-refractivity contribution in [2.24, 2.45) is 5.73 Å². The fourth-order valence-corrected chi connectivity index (χ4v) is 2.50. The second-order valence-corrected chi connectivity index (χ2v) is 5.60. The molecule has 1 aromatic carbocycles. The van der Waals surface area contributed by atoms with E-state index in [0.29, 0.717) is 6.54 Å². The van der Waals surface area contributed by atoms with Crippen LogP contribution in [0.3, 0.4) is 0 Å². The minimum Gasteiger partial charge on any atom is -0.376 e. The summed E-state index contributed by atoms with van der Waals surface area (Å²) in [5, 5.41) is 0. The average Bonchev–Trinajstić information content (AvgIpc) is 2.47. The standard InChI is InChI=1S/C16H24N2O2/c1-12-6-8-13(9-7-12)15(17)16(19)18(2)11-14-5-3-4-10-20-14/h6-9,14-15H,3-5,10-11,17H2,1-2H3. The highest BCUT2D eigenvalue weighted by Crippen LogP contribution is 2.17. The highest BCUT2D eigenvalue weighted by molar-refractivity contribution is 5.82. The molecule has 4 heteroatoms. The van der Waals surface area contributed by atoms with Gasteiger partial charge in [0.25, 0.3) is 0 Å². The number of likely N-dealkylation sites (N-methyl/N-ethyl adjacent to an activating group) is 1. The molecule has 20 heavy (non-hydrogen) atoms. The number of nitrogens with two attached hydrogens (primary N) is 1. The van der Waals surface area contributed by atoms with Crippen molar-refractivity contribution in [3.8, 4) is 0 Å². The van der Waals surface area contributed by atoms with Crippen molar-refractivity contribution in [1.29, 1.82) is 0 Å². The van der Waals surface area contributed by atoms with Crippen molar-refractivity contribution in [2.75, 3.05) is 20.2 Å². The van der Waals surface area contributed by atoms with Gasteiger partial charge in [-0.05, 0) is 31.7 Å². The summed E-state index contributed by atoms with van der Waals surface area (Å²) < 4.78 is 5.67. The lowest BCUT2D eigenvalue weighted by Gasteiger charge is -2.29. The van der Waals surface area contributed by atoms with Crippen LogP contribution in [-0.2, 0) is 9.53 Å². The van der Waals surface area contributed by atoms with Crippen molar-refractivity contribution in [1.82, 2.24) is 4.90 Å². The summed E-state index contributed by atoms with van der Waals surface area (Å²) in [6, 6.07) is 7.20. The van der Waals surface area contributed by atoms with Crippen LogP contribution in [0.1, 0.15) is 36.4 Å². The summed E-state index contributed by atoms with van der Waals surface area (Å²) in [6.45, 7) is 3.44. The van der Waals surface area contributed by atoms with E-state index >= 15 is 0 Å². The zero-order valence-electron chi connectivity index (χ0n) is 12.3. The predicted molar refractivity (Wildman–Crippen MR) is 79.3 cm³/mol. The molecule has 0 aromatic heterocycles. The third-order valence-electron chi connectivity index (χ3n) is 3.83. The van der Waals surface area contributed by atoms with Gasteiger partial charge in [0.2, 0.25) is 5.91 Å². The molecule has 1 amide bonds. The van der Waals surface area contributed by atoms with Gasteiger partial charge >= 0.3 is 0 Å². The molecule has 0 aliphatic carbocycles. The van der Waals surface area contributed by atoms with Crippen molar-refractivity contribution in [3.05, 3.63) is 35.4 Å². The maximum atomic E-state index is 12.3. The number of hydrogen-bond donors (Lipinski definition) is 1. The Bertz CT molecular complexity index is 438. The molecule has 1 aliphatic rings. The fraction of sp³-hybridized carbons (Fsp3) is 0.562. The number of rotatable bonds is 4. The van der Waals surface area contributed by atoms with Crippen LogP contribution in [0.25, 0.3) is 0 Å². The van der Waals surface area contributed by atoms with E-state index in [9.17, 15) is 4.79 Å². The van der Waals surface area contributed by atoms with E-state index in [4.69, 9.17) is 10.5 Å². The largest absolute Gasteiger partial charge is 0.376 e. The Morgan fingerprint density at radius 1 is 1.40 bits per heavy atom. The first kappa shape index (κ1) is 15.0. The molecule has 2 atom stereocenters. The van der Waals surface area contributed by atoms with Gasteiger partial charge in [-0.2, -0.15) is 0 Å². The Morgan fingerprint density at radius 3 is 2.70 bits per heavy atom. The third-order valence-corrected chi connectivity index (χ3v) is 3.83. The van der Waals surface area contributed by atoms with Gasteiger partial charge in [0.15, 0.2) is 0 Å². The van der Waals surface area contributed by atoms with Crippen molar-refractivity contribution in [2.45, 2.75) is 38.3 Å². The molecule has 2 rings (SSSR count). The van der Waals surface area contributed by atoms with Gasteiger partial charge in [-0.25, -0.2) is 0 Å². The van der Waals surface area contributed by atoms with Gasteiger partial charge in [-0.1, -0.05) is 29.8 Å². The predicted octanol–water partition coefficient (Wildman–Crippen LogP) is 2.02. The molecule has 1 aromatic rings. The van der Waals surface area contributed by atoms with Gasteiger partial charge < -0.3 is 15.4 Å². The zero-order valence-corrected chi connectivity index (χ0v) is 12.3. The second kappa shape index (κ2) is 6.86. The van der Waals surface area contributed by atoms with Crippen LogP contribution in [-0.4, -0.2) is 37.1 Å². The lowest BCUT2D eigenvalue weighted by Crippen LogP contribution is -2.41. The molecule has 1 heterocycles. The highest BCUT2D eigenvalue weighted by Gasteiger charge is 2.23. The van der Waals surface area contributed by atoms with Crippen molar-refractivity contribution >= 4 is 5.91 Å². The molecule has 0 saturated carbocycles. The molecule has 0 radical (unpaired) electrons. The maximum Gasteiger partial charge on any atom is 0.243 e. The van der Waals surface area contributed by atoms with Crippen molar-refractivity contribution < 1.29 is 9.53 Å². The van der Waals surface area contributed by atoms with Gasteiger partial charge in [0.05, 0.1) is 6.10 Å². The summed E-state index contributed by atoms with van der Waals surface area (Å²) >= 11 is 0. The van der Waals surface area contributed by atoms with Crippen LogP contribution < -0.4 is 5.73 Å². The molecule has 2 unspecified atom stereocenters. The first-order chi connectivity index (χ1) is 9.58. The van der Waals surface area contributed by atoms with Gasteiger partial charge in [-0.3, -0.25) is 4.79 Å². The fourth-order valence-electron chi connectivity index (χ4n) is 2.50. The lowest BCUT2D eigenvalue weighted by atomic mass is 10.0. The van der Waals surface area contributed by atoms with E-state index in [1.54, 1.807) is 11.9 Å². The Kier molecular flexibility index (Phi) is 5.15. The second-order valence-electron chi connectivity index (χ2n) is 5.60. The number of aryl methyl sites for hydroxylation is 1. The minimum atomic E-state index is -0.593. The number of hydrogen-bond acceptors (Lipinski definition) is 3. The SMILES string of the molecule is Cc1ccc(C(N)C(=O)N(C)CC2CCCCO2)cc1. The van der Waals surface area contributed by atoms with Crippen LogP contribution in [0.15, 0.2) is 24.3 Å². The summed E-state index contributed by atoms with van der Waals surface area (Å²) in [4.78, 5) is 14.0. The quantitative estimate of drug-likeness (QED) is 0.915. The molecule has 0 spiro atoms. The number of nitrogens with zero attached hydrogens (tertiary/aromatic N) is 1. The molecule has 110 valence electrons. The number of amides is 1. The van der Waals surface area contributed by atoms with Gasteiger partial charge in [-0.15, -0.1) is 0 Å². The summed E-state index contributed by atoms with van der Waals surface area (Å²) in [6.07, 6.45) is 3.48. The molecule has 1 saturated heterocycles. The summed E-state index contributed by atoms with van der Waals surface area (Å²) in [7, 11) is 1.80. The molecular formula is C16H24N2O2. The van der Waals surface area contributed by atoms with E-state index in [-0.39, 0.29) is 12.0 Å². The van der Waals surface area contributed by atoms with E-state index in [1.807, 2.05) is 31.2 Å². The Morgan fingerprint density at radius 2 is 2.10 bits per heavy atom. The Balaban J connectivity index is 1.93. The molecule has 1 fully saturated rings. The van der Waals surface area contributed by atoms with Gasteiger partial charge in [0, 0.05) is 20.2 Å². The number of benzene rings is 1. The van der Waals surface area contributed by atoms with Crippen LogP contribution in [0.2, 0.25) is 0 Å². The van der Waals surface area contributed by atoms with Crippen LogP contribution in [0.4, 0.5) is 0 Å². The smallest absolute Gasteiger partial charge is 0.243 e. The Labute approximate surface area is 120 Å². The first-order valence-corrected chi connectivity index (χ1v) is 7.26. The molecule has 2 N–H and O–H groups in total. The maximum absolute atomic E-state index is 12.3. The number of ether oxygens (including phenoxy) is 1. The first-order valence-electron chi connectivity index (χ1n) is 7.26.